The number of nitro benzene ring substituents is 1. The number of nitro groups is 1. The van der Waals surface area contributed by atoms with Crippen LogP contribution in [0.4, 0.5) is 11.4 Å². The Kier molecular flexibility index (Phi) is 4.77. The fourth-order valence-electron chi connectivity index (χ4n) is 3.24. The Morgan fingerprint density at radius 3 is 2.07 bits per heavy atom. The van der Waals surface area contributed by atoms with Gasteiger partial charge in [0, 0.05) is 46.1 Å². The number of non-ortho nitro benzene ring substituents is 1. The van der Waals surface area contributed by atoms with Gasteiger partial charge in [0.15, 0.2) is 11.6 Å². The lowest BCUT2D eigenvalue weighted by molar-refractivity contribution is -0.384. The number of nitrogens with zero attached hydrogens (tertiary/aromatic N) is 1. The van der Waals surface area contributed by atoms with Crippen molar-refractivity contribution in [3.8, 4) is 0 Å². The molecule has 0 radical (unpaired) electrons. The molecule has 0 saturated heterocycles. The van der Waals surface area contributed by atoms with E-state index in [0.29, 0.717) is 27.9 Å². The molecule has 1 amide bonds. The van der Waals surface area contributed by atoms with Gasteiger partial charge in [-0.15, -0.1) is 0 Å². The summed E-state index contributed by atoms with van der Waals surface area (Å²) in [6, 6.07) is 17.0. The maximum Gasteiger partial charge on any atom is 0.269 e. The molecule has 0 aromatic heterocycles. The van der Waals surface area contributed by atoms with Crippen molar-refractivity contribution in [3.63, 3.8) is 0 Å². The first-order valence-electron chi connectivity index (χ1n) is 9.00. The molecule has 0 saturated carbocycles. The third-order valence-corrected chi connectivity index (χ3v) is 4.72. The summed E-state index contributed by atoms with van der Waals surface area (Å²) in [6.45, 7) is 0. The van der Waals surface area contributed by atoms with Crippen LogP contribution in [0.3, 0.4) is 0 Å². The third-order valence-electron chi connectivity index (χ3n) is 4.72. The summed E-state index contributed by atoms with van der Waals surface area (Å²) >= 11 is 0. The lowest BCUT2D eigenvalue weighted by atomic mass is 9.84. The molecule has 146 valence electrons. The van der Waals surface area contributed by atoms with E-state index in [4.69, 9.17) is 0 Å². The predicted octanol–water partition coefficient (Wildman–Crippen LogP) is 4.02. The summed E-state index contributed by atoms with van der Waals surface area (Å²) in [6.07, 6.45) is 2.80. The third kappa shape index (κ3) is 3.51. The van der Waals surface area contributed by atoms with Crippen LogP contribution < -0.4 is 5.32 Å². The van der Waals surface area contributed by atoms with Crippen molar-refractivity contribution in [1.82, 2.24) is 0 Å². The molecule has 0 fully saturated rings. The SMILES string of the molecule is O=C(/C=C/c1ccc([N+](=O)[O-])cc1)Nc1ccc2c(c1)C(=O)c1ccccc1C2=O. The van der Waals surface area contributed by atoms with Gasteiger partial charge in [-0.05, 0) is 42.0 Å². The Morgan fingerprint density at radius 1 is 0.833 bits per heavy atom. The highest BCUT2D eigenvalue weighted by atomic mass is 16.6. The zero-order valence-electron chi connectivity index (χ0n) is 15.5. The fourth-order valence-corrected chi connectivity index (χ4v) is 3.24. The van der Waals surface area contributed by atoms with Crippen LogP contribution in [-0.4, -0.2) is 22.4 Å². The zero-order chi connectivity index (χ0) is 21.3. The van der Waals surface area contributed by atoms with Crippen LogP contribution in [0.25, 0.3) is 6.08 Å². The summed E-state index contributed by atoms with van der Waals surface area (Å²) in [5.74, 6) is -0.933. The van der Waals surface area contributed by atoms with Crippen LogP contribution in [0.1, 0.15) is 37.4 Å². The van der Waals surface area contributed by atoms with Crippen molar-refractivity contribution in [1.29, 1.82) is 0 Å². The molecular formula is C23H14N2O5. The van der Waals surface area contributed by atoms with E-state index in [1.807, 2.05) is 0 Å². The molecule has 0 bridgehead atoms. The molecule has 3 aromatic carbocycles. The van der Waals surface area contributed by atoms with Crippen LogP contribution >= 0.6 is 0 Å². The molecule has 1 N–H and O–H groups in total. The quantitative estimate of drug-likeness (QED) is 0.317. The van der Waals surface area contributed by atoms with Crippen molar-refractivity contribution in [2.45, 2.75) is 0 Å². The number of nitrogens with one attached hydrogen (secondary N) is 1. The monoisotopic (exact) mass is 398 g/mol. The van der Waals surface area contributed by atoms with Gasteiger partial charge in [-0.25, -0.2) is 0 Å². The number of rotatable bonds is 4. The summed E-state index contributed by atoms with van der Waals surface area (Å²) < 4.78 is 0. The number of anilines is 1. The Bertz CT molecular complexity index is 1240. The molecule has 3 aromatic rings. The standard InChI is InChI=1S/C23H14N2O5/c26-21(12-7-14-5-9-16(10-6-14)25(29)30)24-15-8-11-19-20(13-15)23(28)18-4-2-1-3-17(18)22(19)27/h1-13H,(H,24,26)/b12-7+. The van der Waals surface area contributed by atoms with Gasteiger partial charge in [-0.1, -0.05) is 24.3 Å². The molecule has 0 unspecified atom stereocenters. The van der Waals surface area contributed by atoms with Crippen molar-refractivity contribution < 1.29 is 19.3 Å². The predicted molar refractivity (Wildman–Crippen MR) is 111 cm³/mol. The van der Waals surface area contributed by atoms with Gasteiger partial charge in [-0.2, -0.15) is 0 Å². The Hall–Kier alpha value is -4.39. The van der Waals surface area contributed by atoms with Crippen LogP contribution in [0.5, 0.6) is 0 Å². The van der Waals surface area contributed by atoms with E-state index in [0.717, 1.165) is 0 Å². The number of carbonyl (C=O) groups is 3. The van der Waals surface area contributed by atoms with Crippen molar-refractivity contribution in [3.05, 3.63) is 111 Å². The number of hydrogen-bond acceptors (Lipinski definition) is 5. The minimum absolute atomic E-state index is 0.0357. The number of carbonyl (C=O) groups excluding carboxylic acids is 3. The van der Waals surface area contributed by atoms with Gasteiger partial charge in [0.1, 0.15) is 0 Å². The number of hydrogen-bond donors (Lipinski definition) is 1. The molecule has 7 heteroatoms. The maximum atomic E-state index is 12.8. The second-order valence-electron chi connectivity index (χ2n) is 6.64. The lowest BCUT2D eigenvalue weighted by Crippen LogP contribution is -2.21. The lowest BCUT2D eigenvalue weighted by Gasteiger charge is -2.18. The highest BCUT2D eigenvalue weighted by Crippen LogP contribution is 2.29. The molecular weight excluding hydrogens is 384 g/mol. The number of benzene rings is 3. The molecule has 30 heavy (non-hydrogen) atoms. The summed E-state index contributed by atoms with van der Waals surface area (Å²) in [5, 5.41) is 13.3. The first-order chi connectivity index (χ1) is 14.4. The van der Waals surface area contributed by atoms with Gasteiger partial charge in [-0.3, -0.25) is 24.5 Å². The summed E-state index contributed by atoms with van der Waals surface area (Å²) in [4.78, 5) is 47.8. The molecule has 1 aliphatic carbocycles. The summed E-state index contributed by atoms with van der Waals surface area (Å²) in [5.41, 5.74) is 2.24. The zero-order valence-corrected chi connectivity index (χ0v) is 15.5. The first kappa shape index (κ1) is 18.9. The Balaban J connectivity index is 1.52. The number of fused-ring (bicyclic) bond motifs is 2. The van der Waals surface area contributed by atoms with Gasteiger partial charge in [0.05, 0.1) is 4.92 Å². The number of ketones is 2. The van der Waals surface area contributed by atoms with Gasteiger partial charge in [0.25, 0.3) is 5.69 Å². The Labute approximate surface area is 170 Å². The molecule has 0 aliphatic heterocycles. The van der Waals surface area contributed by atoms with Crippen LogP contribution in [0, 0.1) is 10.1 Å². The smallest absolute Gasteiger partial charge is 0.269 e. The molecule has 0 spiro atoms. The highest BCUT2D eigenvalue weighted by molar-refractivity contribution is 6.28. The van der Waals surface area contributed by atoms with Gasteiger partial charge >= 0.3 is 0 Å². The van der Waals surface area contributed by atoms with Gasteiger partial charge < -0.3 is 5.32 Å². The van der Waals surface area contributed by atoms with E-state index in [2.05, 4.69) is 5.32 Å². The van der Waals surface area contributed by atoms with E-state index in [1.165, 1.54) is 48.6 Å². The molecule has 4 rings (SSSR count). The van der Waals surface area contributed by atoms with Crippen molar-refractivity contribution >= 4 is 34.9 Å². The average molecular weight is 398 g/mol. The molecule has 7 nitrogen and oxygen atoms in total. The van der Waals surface area contributed by atoms with E-state index < -0.39 is 10.8 Å². The van der Waals surface area contributed by atoms with Crippen LogP contribution in [0.15, 0.2) is 72.8 Å². The summed E-state index contributed by atoms with van der Waals surface area (Å²) in [7, 11) is 0. The first-order valence-corrected chi connectivity index (χ1v) is 9.00. The van der Waals surface area contributed by atoms with E-state index in [1.54, 1.807) is 30.3 Å². The largest absolute Gasteiger partial charge is 0.322 e. The average Bonchev–Trinajstić information content (AvgIpc) is 2.76. The normalized spacial score (nSPS) is 12.4. The van der Waals surface area contributed by atoms with Gasteiger partial charge in [0.2, 0.25) is 5.91 Å². The second kappa shape index (κ2) is 7.56. The molecule has 0 atom stereocenters. The van der Waals surface area contributed by atoms with Crippen molar-refractivity contribution in [2.24, 2.45) is 0 Å². The van der Waals surface area contributed by atoms with E-state index in [-0.39, 0.29) is 22.8 Å². The van der Waals surface area contributed by atoms with E-state index in [9.17, 15) is 24.5 Å². The highest BCUT2D eigenvalue weighted by Gasteiger charge is 2.29. The van der Waals surface area contributed by atoms with E-state index >= 15 is 0 Å². The topological polar surface area (TPSA) is 106 Å². The fraction of sp³-hybridized carbons (Fsp3) is 0. The minimum Gasteiger partial charge on any atom is -0.322 e. The maximum absolute atomic E-state index is 12.8. The van der Waals surface area contributed by atoms with Crippen molar-refractivity contribution in [2.75, 3.05) is 5.32 Å². The minimum atomic E-state index is -0.499. The molecule has 1 aliphatic rings. The second-order valence-corrected chi connectivity index (χ2v) is 6.64. The molecule has 0 heterocycles. The van der Waals surface area contributed by atoms with Crippen LogP contribution in [0.2, 0.25) is 0 Å². The Morgan fingerprint density at radius 2 is 1.43 bits per heavy atom. The number of amides is 1. The van der Waals surface area contributed by atoms with Crippen LogP contribution in [-0.2, 0) is 4.79 Å².